The van der Waals surface area contributed by atoms with Crippen LogP contribution >= 0.6 is 0 Å². The van der Waals surface area contributed by atoms with Gasteiger partial charge in [0.1, 0.15) is 11.4 Å². The Hall–Kier alpha value is -0.930. The molecule has 17 heavy (non-hydrogen) atoms. The van der Waals surface area contributed by atoms with Crippen LogP contribution in [-0.2, 0) is 10.3 Å². The zero-order valence-corrected chi connectivity index (χ0v) is 10.4. The van der Waals surface area contributed by atoms with Crippen molar-refractivity contribution >= 4 is 0 Å². The monoisotopic (exact) mass is 238 g/mol. The van der Waals surface area contributed by atoms with Crippen LogP contribution in [-0.4, -0.2) is 18.3 Å². The van der Waals surface area contributed by atoms with Gasteiger partial charge >= 0.3 is 0 Å². The van der Waals surface area contributed by atoms with E-state index in [4.69, 9.17) is 4.74 Å². The van der Waals surface area contributed by atoms with Gasteiger partial charge in [0.25, 0.3) is 0 Å². The van der Waals surface area contributed by atoms with Crippen LogP contribution in [0.3, 0.4) is 0 Å². The van der Waals surface area contributed by atoms with Gasteiger partial charge in [0.05, 0.1) is 6.10 Å². The fraction of sp³-hybridized carbons (Fsp3) is 0.571. The predicted octanol–water partition coefficient (Wildman–Crippen LogP) is 2.91. The number of aryl methyl sites for hydroxylation is 1. The minimum absolute atomic E-state index is 0.194. The molecule has 2 unspecified atom stereocenters. The van der Waals surface area contributed by atoms with Crippen molar-refractivity contribution in [3.8, 4) is 0 Å². The second kappa shape index (κ2) is 4.75. The molecule has 0 radical (unpaired) electrons. The van der Waals surface area contributed by atoms with E-state index in [-0.39, 0.29) is 11.9 Å². The van der Waals surface area contributed by atoms with Gasteiger partial charge in [-0.1, -0.05) is 18.9 Å². The van der Waals surface area contributed by atoms with Crippen molar-refractivity contribution in [1.29, 1.82) is 0 Å². The third-order valence-corrected chi connectivity index (χ3v) is 3.75. The summed E-state index contributed by atoms with van der Waals surface area (Å²) in [4.78, 5) is 0. The van der Waals surface area contributed by atoms with Crippen molar-refractivity contribution in [2.24, 2.45) is 0 Å². The lowest BCUT2D eigenvalue weighted by Gasteiger charge is -2.40. The van der Waals surface area contributed by atoms with Gasteiger partial charge in [-0.15, -0.1) is 0 Å². The van der Waals surface area contributed by atoms with Gasteiger partial charge in [0, 0.05) is 7.11 Å². The smallest absolute Gasteiger partial charge is 0.123 e. The minimum atomic E-state index is -0.967. The average Bonchev–Trinajstić information content (AvgIpc) is 2.29. The maximum absolute atomic E-state index is 13.1. The van der Waals surface area contributed by atoms with Crippen LogP contribution in [0.2, 0.25) is 0 Å². The summed E-state index contributed by atoms with van der Waals surface area (Å²) in [5, 5.41) is 10.8. The minimum Gasteiger partial charge on any atom is -0.382 e. The molecule has 1 aliphatic rings. The highest BCUT2D eigenvalue weighted by molar-refractivity contribution is 5.33. The Bertz CT molecular complexity index is 405. The molecular weight excluding hydrogens is 219 g/mol. The van der Waals surface area contributed by atoms with E-state index in [1.807, 2.05) is 6.92 Å². The Kier molecular flexibility index (Phi) is 3.50. The standard InChI is InChI=1S/C14H19FO2/c1-10-9-11(15)6-7-12(10)14(16)8-4-3-5-13(14)17-2/h6-7,9,13,16H,3-5,8H2,1-2H3. The molecule has 0 bridgehead atoms. The molecule has 0 spiro atoms. The second-order valence-electron chi connectivity index (χ2n) is 4.85. The molecule has 0 saturated heterocycles. The largest absolute Gasteiger partial charge is 0.382 e. The number of benzene rings is 1. The van der Waals surface area contributed by atoms with Gasteiger partial charge in [-0.25, -0.2) is 4.39 Å². The molecule has 1 aromatic carbocycles. The summed E-state index contributed by atoms with van der Waals surface area (Å²) in [7, 11) is 1.62. The van der Waals surface area contributed by atoms with E-state index in [1.54, 1.807) is 13.2 Å². The Morgan fingerprint density at radius 2 is 2.18 bits per heavy atom. The van der Waals surface area contributed by atoms with Crippen LogP contribution < -0.4 is 0 Å². The van der Waals surface area contributed by atoms with E-state index >= 15 is 0 Å². The van der Waals surface area contributed by atoms with Crippen LogP contribution in [0.5, 0.6) is 0 Å². The number of aliphatic hydroxyl groups is 1. The van der Waals surface area contributed by atoms with Crippen LogP contribution in [0, 0.1) is 12.7 Å². The number of hydrogen-bond acceptors (Lipinski definition) is 2. The summed E-state index contributed by atoms with van der Waals surface area (Å²) >= 11 is 0. The van der Waals surface area contributed by atoms with E-state index in [0.717, 1.165) is 30.4 Å². The fourth-order valence-corrected chi connectivity index (χ4v) is 2.86. The molecule has 0 aromatic heterocycles. The highest BCUT2D eigenvalue weighted by Gasteiger charge is 2.41. The summed E-state index contributed by atoms with van der Waals surface area (Å²) < 4.78 is 18.5. The molecular formula is C14H19FO2. The van der Waals surface area contributed by atoms with E-state index in [0.29, 0.717) is 6.42 Å². The van der Waals surface area contributed by atoms with Gasteiger partial charge in [-0.2, -0.15) is 0 Å². The third-order valence-electron chi connectivity index (χ3n) is 3.75. The molecule has 1 saturated carbocycles. The maximum atomic E-state index is 13.1. The number of rotatable bonds is 2. The molecule has 2 rings (SSSR count). The molecule has 0 aliphatic heterocycles. The Morgan fingerprint density at radius 1 is 1.41 bits per heavy atom. The SMILES string of the molecule is COC1CCCCC1(O)c1ccc(F)cc1C. The van der Waals surface area contributed by atoms with E-state index in [9.17, 15) is 9.50 Å². The molecule has 1 aromatic rings. The second-order valence-corrected chi connectivity index (χ2v) is 4.85. The molecule has 1 aliphatic carbocycles. The highest BCUT2D eigenvalue weighted by atomic mass is 19.1. The van der Waals surface area contributed by atoms with Crippen molar-refractivity contribution < 1.29 is 14.2 Å². The molecule has 1 N–H and O–H groups in total. The number of hydrogen-bond donors (Lipinski definition) is 1. The lowest BCUT2D eigenvalue weighted by molar-refractivity contribution is -0.123. The predicted molar refractivity (Wildman–Crippen MR) is 64.3 cm³/mol. The van der Waals surface area contributed by atoms with Gasteiger partial charge in [0.2, 0.25) is 0 Å². The first-order valence-electron chi connectivity index (χ1n) is 6.10. The van der Waals surface area contributed by atoms with Crippen molar-refractivity contribution in [3.05, 3.63) is 35.1 Å². The molecule has 1 fully saturated rings. The van der Waals surface area contributed by atoms with E-state index in [1.165, 1.54) is 12.1 Å². The Labute approximate surface area is 101 Å². The molecule has 0 amide bonds. The zero-order valence-electron chi connectivity index (χ0n) is 10.4. The van der Waals surface area contributed by atoms with Crippen molar-refractivity contribution in [1.82, 2.24) is 0 Å². The molecule has 0 heterocycles. The third kappa shape index (κ3) is 2.22. The van der Waals surface area contributed by atoms with Crippen LogP contribution in [0.1, 0.15) is 36.8 Å². The first-order chi connectivity index (χ1) is 8.08. The Balaban J connectivity index is 2.41. The Morgan fingerprint density at radius 3 is 2.82 bits per heavy atom. The summed E-state index contributed by atoms with van der Waals surface area (Å²) in [6.45, 7) is 1.83. The van der Waals surface area contributed by atoms with Gasteiger partial charge in [0.15, 0.2) is 0 Å². The van der Waals surface area contributed by atoms with E-state index in [2.05, 4.69) is 0 Å². The normalized spacial score (nSPS) is 29.3. The van der Waals surface area contributed by atoms with Crippen LogP contribution in [0.4, 0.5) is 4.39 Å². The van der Waals surface area contributed by atoms with E-state index < -0.39 is 5.60 Å². The quantitative estimate of drug-likeness (QED) is 0.858. The molecule has 3 heteroatoms. The summed E-state index contributed by atoms with van der Waals surface area (Å²) in [5.41, 5.74) is 0.618. The summed E-state index contributed by atoms with van der Waals surface area (Å²) in [5.74, 6) is -0.264. The molecule has 2 nitrogen and oxygen atoms in total. The van der Waals surface area contributed by atoms with Gasteiger partial charge in [-0.3, -0.25) is 0 Å². The highest BCUT2D eigenvalue weighted by Crippen LogP contribution is 2.40. The van der Waals surface area contributed by atoms with Crippen LogP contribution in [0.15, 0.2) is 18.2 Å². The number of methoxy groups -OCH3 is 1. The molecule has 94 valence electrons. The topological polar surface area (TPSA) is 29.5 Å². The summed E-state index contributed by atoms with van der Waals surface area (Å²) in [6, 6.07) is 4.55. The fourth-order valence-electron chi connectivity index (χ4n) is 2.86. The molecule has 2 atom stereocenters. The van der Waals surface area contributed by atoms with Crippen molar-refractivity contribution in [2.75, 3.05) is 7.11 Å². The average molecular weight is 238 g/mol. The van der Waals surface area contributed by atoms with Gasteiger partial charge in [-0.05, 0) is 43.0 Å². The number of halogens is 1. The number of ether oxygens (including phenoxy) is 1. The van der Waals surface area contributed by atoms with Crippen molar-refractivity contribution in [3.63, 3.8) is 0 Å². The summed E-state index contributed by atoms with van der Waals surface area (Å²) in [6.07, 6.45) is 3.39. The lowest BCUT2D eigenvalue weighted by atomic mass is 9.76. The first-order valence-corrected chi connectivity index (χ1v) is 6.10. The maximum Gasteiger partial charge on any atom is 0.123 e. The first kappa shape index (κ1) is 12.5. The zero-order chi connectivity index (χ0) is 12.5. The van der Waals surface area contributed by atoms with Gasteiger partial charge < -0.3 is 9.84 Å². The van der Waals surface area contributed by atoms with Crippen molar-refractivity contribution in [2.45, 2.75) is 44.3 Å². The van der Waals surface area contributed by atoms with Crippen LogP contribution in [0.25, 0.3) is 0 Å². The lowest BCUT2D eigenvalue weighted by Crippen LogP contribution is -2.43.